The van der Waals surface area contributed by atoms with Crippen molar-refractivity contribution in [2.24, 2.45) is 7.05 Å². The molecule has 100 valence electrons. The van der Waals surface area contributed by atoms with E-state index >= 15 is 0 Å². The first-order valence-electron chi connectivity index (χ1n) is 5.41. The minimum atomic E-state index is -0.206. The van der Waals surface area contributed by atoms with Crippen LogP contribution in [0.25, 0.3) is 0 Å². The molecule has 0 aliphatic carbocycles. The Hall–Kier alpha value is -1.16. The van der Waals surface area contributed by atoms with Crippen molar-refractivity contribution in [3.8, 4) is 0 Å². The summed E-state index contributed by atoms with van der Waals surface area (Å²) in [6.45, 7) is 1.94. The van der Waals surface area contributed by atoms with Crippen LogP contribution in [0.2, 0.25) is 0 Å². The summed E-state index contributed by atoms with van der Waals surface area (Å²) in [5.74, 6) is 0.121. The molecule has 1 amide bonds. The maximum atomic E-state index is 12.2. The zero-order chi connectivity index (χ0) is 14.0. The summed E-state index contributed by atoms with van der Waals surface area (Å²) in [7, 11) is 1.67. The third-order valence-corrected chi connectivity index (χ3v) is 4.85. The molecule has 19 heavy (non-hydrogen) atoms. The van der Waals surface area contributed by atoms with Gasteiger partial charge in [-0.25, -0.2) is 4.68 Å². The summed E-state index contributed by atoms with van der Waals surface area (Å²) >= 11 is 3.90. The van der Waals surface area contributed by atoms with Crippen molar-refractivity contribution < 1.29 is 4.79 Å². The Morgan fingerprint density at radius 3 is 2.79 bits per heavy atom. The Bertz CT molecular complexity index is 628. The summed E-state index contributed by atoms with van der Waals surface area (Å²) in [4.78, 5) is 13.3. The van der Waals surface area contributed by atoms with Gasteiger partial charge in [-0.2, -0.15) is 0 Å². The van der Waals surface area contributed by atoms with Crippen LogP contribution in [0.15, 0.2) is 17.0 Å². The van der Waals surface area contributed by atoms with Crippen LogP contribution in [0.3, 0.4) is 0 Å². The molecule has 0 unspecified atom stereocenters. The van der Waals surface area contributed by atoms with Gasteiger partial charge >= 0.3 is 0 Å². The van der Waals surface area contributed by atoms with Gasteiger partial charge in [0.05, 0.1) is 0 Å². The first-order chi connectivity index (χ1) is 9.04. The first kappa shape index (κ1) is 14.3. The number of rotatable bonds is 3. The highest BCUT2D eigenvalue weighted by molar-refractivity contribution is 14.1. The average molecular weight is 389 g/mol. The van der Waals surface area contributed by atoms with Crippen LogP contribution >= 0.6 is 34.4 Å². The quantitative estimate of drug-likeness (QED) is 0.643. The molecule has 0 spiro atoms. The summed E-state index contributed by atoms with van der Waals surface area (Å²) in [6, 6.07) is 3.75. The standard InChI is InChI=1S/C11H12IN5OS/c1-6-7(4-5-8(12)9(6)19-3)10(18)13-11-14-15-16-17(11)2/h4-5H,1-3H3,(H,13,14,16,18). The van der Waals surface area contributed by atoms with Crippen LogP contribution in [-0.4, -0.2) is 32.4 Å². The number of hydrogen-bond acceptors (Lipinski definition) is 5. The van der Waals surface area contributed by atoms with Crippen LogP contribution < -0.4 is 5.32 Å². The number of carbonyl (C=O) groups is 1. The fraction of sp³-hybridized carbons (Fsp3) is 0.273. The number of carbonyl (C=O) groups excluding carboxylic acids is 1. The van der Waals surface area contributed by atoms with Crippen LogP contribution in [0.5, 0.6) is 0 Å². The van der Waals surface area contributed by atoms with Crippen LogP contribution in [0.1, 0.15) is 15.9 Å². The van der Waals surface area contributed by atoms with E-state index in [1.807, 2.05) is 25.3 Å². The number of halogens is 1. The Labute approximate surface area is 128 Å². The average Bonchev–Trinajstić information content (AvgIpc) is 2.75. The molecule has 0 atom stereocenters. The lowest BCUT2D eigenvalue weighted by Crippen LogP contribution is -2.17. The Kier molecular flexibility index (Phi) is 4.40. The molecule has 1 heterocycles. The van der Waals surface area contributed by atoms with Crippen LogP contribution in [0, 0.1) is 10.5 Å². The van der Waals surface area contributed by atoms with Gasteiger partial charge in [0, 0.05) is 21.1 Å². The molecule has 1 aromatic heterocycles. The molecule has 8 heteroatoms. The van der Waals surface area contributed by atoms with Crippen molar-refractivity contribution in [2.75, 3.05) is 11.6 Å². The summed E-state index contributed by atoms with van der Waals surface area (Å²) < 4.78 is 2.55. The molecule has 6 nitrogen and oxygen atoms in total. The van der Waals surface area contributed by atoms with Gasteiger partial charge in [-0.15, -0.1) is 11.8 Å². The third-order valence-electron chi connectivity index (χ3n) is 2.65. The van der Waals surface area contributed by atoms with Gasteiger partial charge in [-0.1, -0.05) is 5.10 Å². The van der Waals surface area contributed by atoms with E-state index in [0.717, 1.165) is 14.0 Å². The molecule has 1 aromatic carbocycles. The molecule has 0 aliphatic rings. The number of aromatic nitrogens is 4. The minimum Gasteiger partial charge on any atom is -0.289 e. The summed E-state index contributed by atoms with van der Waals surface area (Å²) in [6.07, 6.45) is 2.00. The summed E-state index contributed by atoms with van der Waals surface area (Å²) in [5.41, 5.74) is 1.60. The molecule has 0 bridgehead atoms. The van der Waals surface area contributed by atoms with Crippen molar-refractivity contribution in [2.45, 2.75) is 11.8 Å². The normalized spacial score (nSPS) is 10.5. The monoisotopic (exact) mass is 389 g/mol. The molecule has 1 N–H and O–H groups in total. The zero-order valence-corrected chi connectivity index (χ0v) is 13.6. The fourth-order valence-electron chi connectivity index (χ4n) is 1.66. The minimum absolute atomic E-state index is 0.206. The van der Waals surface area contributed by atoms with E-state index in [-0.39, 0.29) is 5.91 Å². The lowest BCUT2D eigenvalue weighted by molar-refractivity contribution is 0.102. The van der Waals surface area contributed by atoms with Gasteiger partial charge in [-0.05, 0) is 63.9 Å². The van der Waals surface area contributed by atoms with E-state index in [4.69, 9.17) is 0 Å². The van der Waals surface area contributed by atoms with Crippen molar-refractivity contribution in [1.29, 1.82) is 0 Å². The van der Waals surface area contributed by atoms with Gasteiger partial charge in [0.25, 0.3) is 5.91 Å². The molecule has 0 saturated heterocycles. The molecule has 2 rings (SSSR count). The maximum Gasteiger partial charge on any atom is 0.258 e. The molecule has 0 saturated carbocycles. The second-order valence-electron chi connectivity index (χ2n) is 3.83. The van der Waals surface area contributed by atoms with Crippen molar-refractivity contribution in [3.63, 3.8) is 0 Å². The molecule has 0 aliphatic heterocycles. The zero-order valence-electron chi connectivity index (χ0n) is 10.6. The molecular formula is C11H12IN5OS. The van der Waals surface area contributed by atoms with Gasteiger partial charge < -0.3 is 0 Å². The van der Waals surface area contributed by atoms with E-state index in [1.54, 1.807) is 18.8 Å². The molecular weight excluding hydrogens is 377 g/mol. The van der Waals surface area contributed by atoms with Gasteiger partial charge in [0.15, 0.2) is 0 Å². The van der Waals surface area contributed by atoms with E-state index in [9.17, 15) is 4.79 Å². The Balaban J connectivity index is 2.32. The third kappa shape index (κ3) is 2.89. The highest BCUT2D eigenvalue weighted by Gasteiger charge is 2.15. The topological polar surface area (TPSA) is 72.7 Å². The Morgan fingerprint density at radius 2 is 2.21 bits per heavy atom. The SMILES string of the molecule is CSc1c(I)ccc(C(=O)Nc2nnnn2C)c1C. The van der Waals surface area contributed by atoms with E-state index in [0.29, 0.717) is 11.5 Å². The van der Waals surface area contributed by atoms with E-state index < -0.39 is 0 Å². The van der Waals surface area contributed by atoms with Gasteiger partial charge in [-0.3, -0.25) is 10.1 Å². The number of anilines is 1. The van der Waals surface area contributed by atoms with E-state index in [1.165, 1.54) is 4.68 Å². The lowest BCUT2D eigenvalue weighted by Gasteiger charge is -2.11. The number of nitrogens with zero attached hydrogens (tertiary/aromatic N) is 4. The first-order valence-corrected chi connectivity index (χ1v) is 7.71. The van der Waals surface area contributed by atoms with Gasteiger partial charge in [0.1, 0.15) is 0 Å². The fourth-order valence-corrected chi connectivity index (χ4v) is 3.58. The Morgan fingerprint density at radius 1 is 1.47 bits per heavy atom. The maximum absolute atomic E-state index is 12.2. The van der Waals surface area contributed by atoms with Crippen molar-refractivity contribution in [1.82, 2.24) is 20.2 Å². The van der Waals surface area contributed by atoms with Crippen molar-refractivity contribution in [3.05, 3.63) is 26.8 Å². The number of thioether (sulfide) groups is 1. The number of hydrogen-bond donors (Lipinski definition) is 1. The number of aryl methyl sites for hydroxylation is 1. The predicted molar refractivity (Wildman–Crippen MR) is 82.4 cm³/mol. The molecule has 0 fully saturated rings. The van der Waals surface area contributed by atoms with Crippen LogP contribution in [0.4, 0.5) is 5.95 Å². The molecule has 2 aromatic rings. The number of nitrogens with one attached hydrogen (secondary N) is 1. The van der Waals surface area contributed by atoms with Gasteiger partial charge in [0.2, 0.25) is 5.95 Å². The van der Waals surface area contributed by atoms with Crippen molar-refractivity contribution >= 4 is 46.2 Å². The number of amides is 1. The largest absolute Gasteiger partial charge is 0.289 e. The lowest BCUT2D eigenvalue weighted by atomic mass is 10.1. The number of tetrazole rings is 1. The van der Waals surface area contributed by atoms with E-state index in [2.05, 4.69) is 43.4 Å². The second-order valence-corrected chi connectivity index (χ2v) is 5.81. The summed E-state index contributed by atoms with van der Waals surface area (Å²) in [5, 5.41) is 13.6. The molecule has 0 radical (unpaired) electrons. The predicted octanol–water partition coefficient (Wildman–Crippen LogP) is 2.10. The number of benzene rings is 1. The highest BCUT2D eigenvalue weighted by Crippen LogP contribution is 2.28. The highest BCUT2D eigenvalue weighted by atomic mass is 127. The van der Waals surface area contributed by atoms with Crippen LogP contribution in [-0.2, 0) is 7.05 Å². The second kappa shape index (κ2) is 5.87. The smallest absolute Gasteiger partial charge is 0.258 e.